The van der Waals surface area contributed by atoms with Crippen LogP contribution in [0, 0.1) is 0 Å². The molecule has 0 radical (unpaired) electrons. The van der Waals surface area contributed by atoms with Crippen LogP contribution in [-0.4, -0.2) is 30.5 Å². The summed E-state index contributed by atoms with van der Waals surface area (Å²) < 4.78 is 0. The fraction of sp³-hybridized carbons (Fsp3) is 0.455. The minimum atomic E-state index is -0.337. The quantitative estimate of drug-likeness (QED) is 0.774. The molecule has 0 aliphatic heterocycles. The summed E-state index contributed by atoms with van der Waals surface area (Å²) >= 11 is 0. The van der Waals surface area contributed by atoms with Crippen molar-refractivity contribution in [2.24, 2.45) is 5.73 Å². The minimum Gasteiger partial charge on any atom is -0.373 e. The first-order valence-corrected chi connectivity index (χ1v) is 5.23. The second-order valence-corrected chi connectivity index (χ2v) is 3.84. The molecule has 1 aromatic heterocycles. The molecule has 0 aliphatic rings. The molecule has 0 spiro atoms. The van der Waals surface area contributed by atoms with E-state index < -0.39 is 0 Å². The van der Waals surface area contributed by atoms with Crippen LogP contribution in [0.1, 0.15) is 13.8 Å². The Labute approximate surface area is 95.7 Å². The molecule has 0 aromatic carbocycles. The van der Waals surface area contributed by atoms with Crippen molar-refractivity contribution in [1.29, 1.82) is 0 Å². The van der Waals surface area contributed by atoms with E-state index in [0.717, 1.165) is 11.5 Å². The summed E-state index contributed by atoms with van der Waals surface area (Å²) in [7, 11) is 1.81. The zero-order valence-electron chi connectivity index (χ0n) is 9.90. The normalized spacial score (nSPS) is 10.2. The number of aromatic nitrogens is 1. The monoisotopic (exact) mass is 222 g/mol. The van der Waals surface area contributed by atoms with Crippen molar-refractivity contribution in [3.05, 3.63) is 18.3 Å². The van der Waals surface area contributed by atoms with Crippen molar-refractivity contribution in [2.75, 3.05) is 23.8 Å². The van der Waals surface area contributed by atoms with Crippen molar-refractivity contribution < 1.29 is 4.79 Å². The molecule has 5 heteroatoms. The van der Waals surface area contributed by atoms with E-state index in [-0.39, 0.29) is 18.5 Å². The van der Waals surface area contributed by atoms with Crippen LogP contribution in [0.25, 0.3) is 0 Å². The lowest BCUT2D eigenvalue weighted by atomic mass is 10.2. The number of nitrogens with one attached hydrogen (secondary N) is 1. The van der Waals surface area contributed by atoms with Gasteiger partial charge in [-0.15, -0.1) is 0 Å². The van der Waals surface area contributed by atoms with Gasteiger partial charge in [0.15, 0.2) is 0 Å². The minimum absolute atomic E-state index is 0.208. The van der Waals surface area contributed by atoms with E-state index in [2.05, 4.69) is 10.3 Å². The summed E-state index contributed by atoms with van der Waals surface area (Å²) in [6, 6.07) is 3.96. The van der Waals surface area contributed by atoms with Gasteiger partial charge >= 0.3 is 0 Å². The Kier molecular flexibility index (Phi) is 4.10. The van der Waals surface area contributed by atoms with E-state index in [9.17, 15) is 4.79 Å². The molecule has 0 atom stereocenters. The molecule has 3 N–H and O–H groups in total. The molecule has 16 heavy (non-hydrogen) atoms. The molecule has 1 rings (SSSR count). The van der Waals surface area contributed by atoms with Crippen LogP contribution in [0.15, 0.2) is 18.3 Å². The summed E-state index contributed by atoms with van der Waals surface area (Å²) in [5.74, 6) is 0.434. The van der Waals surface area contributed by atoms with Crippen LogP contribution in [-0.2, 0) is 4.79 Å². The molecule has 0 unspecified atom stereocenters. The predicted molar refractivity (Wildman–Crippen MR) is 65.5 cm³/mol. The van der Waals surface area contributed by atoms with Crippen LogP contribution in [0.2, 0.25) is 0 Å². The number of carbonyl (C=O) groups is 1. The molecule has 88 valence electrons. The third-order valence-corrected chi connectivity index (χ3v) is 2.28. The third-order valence-electron chi connectivity index (χ3n) is 2.28. The second kappa shape index (κ2) is 5.34. The summed E-state index contributed by atoms with van der Waals surface area (Å²) in [5, 5.41) is 2.96. The number of hydrogen-bond donors (Lipinski definition) is 2. The number of nitrogens with two attached hydrogens (primary N) is 1. The topological polar surface area (TPSA) is 71.2 Å². The molecule has 0 saturated heterocycles. The molecule has 0 saturated carbocycles. The van der Waals surface area contributed by atoms with Gasteiger partial charge in [-0.25, -0.2) is 4.98 Å². The molecule has 1 aromatic rings. The van der Waals surface area contributed by atoms with Crippen LogP contribution >= 0.6 is 0 Å². The van der Waals surface area contributed by atoms with Crippen molar-refractivity contribution in [1.82, 2.24) is 4.98 Å². The van der Waals surface area contributed by atoms with Crippen LogP contribution in [0.5, 0.6) is 0 Å². The molecule has 1 heterocycles. The summed E-state index contributed by atoms with van der Waals surface area (Å²) in [6.07, 6.45) is 1.71. The highest BCUT2D eigenvalue weighted by molar-refractivity contribution is 5.79. The molecular formula is C11H18N4O. The van der Waals surface area contributed by atoms with E-state index in [0.29, 0.717) is 0 Å². The number of carbonyl (C=O) groups excluding carboxylic acids is 1. The Balaban J connectivity index is 2.95. The highest BCUT2D eigenvalue weighted by Gasteiger charge is 2.13. The third kappa shape index (κ3) is 3.12. The van der Waals surface area contributed by atoms with E-state index >= 15 is 0 Å². The second-order valence-electron chi connectivity index (χ2n) is 3.84. The van der Waals surface area contributed by atoms with Gasteiger partial charge in [0, 0.05) is 31.0 Å². The largest absolute Gasteiger partial charge is 0.373 e. The number of primary amides is 1. The SMILES string of the molecule is CNc1cc(N(CC(N)=O)C(C)C)ccn1. The first-order valence-electron chi connectivity index (χ1n) is 5.23. The van der Waals surface area contributed by atoms with Gasteiger partial charge in [0.1, 0.15) is 5.82 Å². The Morgan fingerprint density at radius 2 is 2.31 bits per heavy atom. The highest BCUT2D eigenvalue weighted by atomic mass is 16.1. The summed E-state index contributed by atoms with van der Waals surface area (Å²) in [6.45, 7) is 4.25. The molecule has 0 fully saturated rings. The van der Waals surface area contributed by atoms with Gasteiger partial charge in [-0.1, -0.05) is 0 Å². The lowest BCUT2D eigenvalue weighted by molar-refractivity contribution is -0.116. The fourth-order valence-electron chi connectivity index (χ4n) is 1.47. The highest BCUT2D eigenvalue weighted by Crippen LogP contribution is 2.18. The van der Waals surface area contributed by atoms with Crippen LogP contribution in [0.3, 0.4) is 0 Å². The Morgan fingerprint density at radius 1 is 1.62 bits per heavy atom. The van der Waals surface area contributed by atoms with Gasteiger partial charge in [-0.2, -0.15) is 0 Å². The number of anilines is 2. The van der Waals surface area contributed by atoms with Crippen molar-refractivity contribution in [3.63, 3.8) is 0 Å². The molecule has 0 bridgehead atoms. The Bertz CT molecular complexity index is 365. The van der Waals surface area contributed by atoms with Crippen LogP contribution < -0.4 is 16.0 Å². The van der Waals surface area contributed by atoms with E-state index in [1.165, 1.54) is 0 Å². The first kappa shape index (κ1) is 12.3. The lowest BCUT2D eigenvalue weighted by Gasteiger charge is -2.27. The number of rotatable bonds is 5. The van der Waals surface area contributed by atoms with Crippen molar-refractivity contribution in [2.45, 2.75) is 19.9 Å². The van der Waals surface area contributed by atoms with Crippen molar-refractivity contribution in [3.8, 4) is 0 Å². The van der Waals surface area contributed by atoms with Gasteiger partial charge in [0.05, 0.1) is 6.54 Å². The molecular weight excluding hydrogens is 204 g/mol. The number of pyridine rings is 1. The smallest absolute Gasteiger partial charge is 0.236 e. The van der Waals surface area contributed by atoms with E-state index in [1.54, 1.807) is 13.2 Å². The summed E-state index contributed by atoms with van der Waals surface area (Å²) in [5.41, 5.74) is 6.17. The average Bonchev–Trinajstić information content (AvgIpc) is 2.25. The fourth-order valence-corrected chi connectivity index (χ4v) is 1.47. The molecule has 0 aliphatic carbocycles. The van der Waals surface area contributed by atoms with Gasteiger partial charge in [-0.05, 0) is 19.9 Å². The first-order chi connectivity index (χ1) is 7.54. The maximum Gasteiger partial charge on any atom is 0.236 e. The zero-order valence-corrected chi connectivity index (χ0v) is 9.90. The zero-order chi connectivity index (χ0) is 12.1. The Morgan fingerprint density at radius 3 is 2.81 bits per heavy atom. The van der Waals surface area contributed by atoms with Gasteiger partial charge in [0.25, 0.3) is 0 Å². The predicted octanol–water partition coefficient (Wildman–Crippen LogP) is 0.823. The average molecular weight is 222 g/mol. The number of hydrogen-bond acceptors (Lipinski definition) is 4. The van der Waals surface area contributed by atoms with Gasteiger partial charge < -0.3 is 16.0 Å². The van der Waals surface area contributed by atoms with E-state index in [4.69, 9.17) is 5.73 Å². The standard InChI is InChI=1S/C11H18N4O/c1-8(2)15(7-10(12)16)9-4-5-14-11(6-9)13-3/h4-6,8H,7H2,1-3H3,(H2,12,16)(H,13,14). The van der Waals surface area contributed by atoms with Crippen LogP contribution in [0.4, 0.5) is 11.5 Å². The maximum absolute atomic E-state index is 11.0. The number of amides is 1. The summed E-state index contributed by atoms with van der Waals surface area (Å²) in [4.78, 5) is 17.1. The van der Waals surface area contributed by atoms with E-state index in [1.807, 2.05) is 30.9 Å². The van der Waals surface area contributed by atoms with Gasteiger partial charge in [0.2, 0.25) is 5.91 Å². The number of nitrogens with zero attached hydrogens (tertiary/aromatic N) is 2. The lowest BCUT2D eigenvalue weighted by Crippen LogP contribution is -2.38. The van der Waals surface area contributed by atoms with Crippen molar-refractivity contribution >= 4 is 17.4 Å². The molecule has 1 amide bonds. The Hall–Kier alpha value is -1.78. The maximum atomic E-state index is 11.0. The van der Waals surface area contributed by atoms with Gasteiger partial charge in [-0.3, -0.25) is 4.79 Å². The molecule has 5 nitrogen and oxygen atoms in total.